The maximum absolute atomic E-state index is 12.9. The third kappa shape index (κ3) is 2.86. The van der Waals surface area contributed by atoms with E-state index in [1.54, 1.807) is 16.7 Å². The number of hydrogen-bond donors (Lipinski definition) is 0. The van der Waals surface area contributed by atoms with Gasteiger partial charge in [-0.2, -0.15) is 0 Å². The normalized spacial score (nSPS) is 12.2. The van der Waals surface area contributed by atoms with Gasteiger partial charge in [-0.3, -0.25) is 9.36 Å². The van der Waals surface area contributed by atoms with E-state index in [0.717, 1.165) is 23.2 Å². The van der Waals surface area contributed by atoms with Crippen LogP contribution < -0.4 is 5.56 Å². The van der Waals surface area contributed by atoms with Crippen molar-refractivity contribution in [1.82, 2.24) is 4.57 Å². The number of nitrogens with zero attached hydrogens (tertiary/aromatic N) is 1. The Morgan fingerprint density at radius 1 is 1.43 bits per heavy atom. The van der Waals surface area contributed by atoms with Crippen LogP contribution in [0.2, 0.25) is 5.02 Å². The Bertz CT molecular complexity index is 797. The van der Waals surface area contributed by atoms with Gasteiger partial charge in [0.15, 0.2) is 0 Å². The summed E-state index contributed by atoms with van der Waals surface area (Å²) < 4.78 is 1.68. The van der Waals surface area contributed by atoms with Gasteiger partial charge in [0.25, 0.3) is 5.56 Å². The first-order valence-corrected chi connectivity index (χ1v) is 7.30. The largest absolute Gasteiger partial charge is 0.281 e. The van der Waals surface area contributed by atoms with Crippen LogP contribution in [0.5, 0.6) is 0 Å². The fourth-order valence-electron chi connectivity index (χ4n) is 2.34. The minimum absolute atomic E-state index is 0.106. The summed E-state index contributed by atoms with van der Waals surface area (Å²) in [5.41, 5.74) is 1.58. The Hall–Kier alpha value is -2.06. The maximum atomic E-state index is 12.9. The lowest BCUT2D eigenvalue weighted by molar-refractivity contribution is 0.912. The first kappa shape index (κ1) is 15.3. The number of hydrogen-bond acceptors (Lipinski definition) is 1. The summed E-state index contributed by atoms with van der Waals surface area (Å²) in [7, 11) is 0. The predicted molar refractivity (Wildman–Crippen MR) is 91.9 cm³/mol. The van der Waals surface area contributed by atoms with Crippen molar-refractivity contribution in [3.8, 4) is 0 Å². The molecular formula is C18H18ClNO. The SMILES string of the molecule is C=C/C(=C\C=C/C)n1c(CC)cc2cccc(Cl)c2c1=O. The molecule has 21 heavy (non-hydrogen) atoms. The Balaban J connectivity index is 2.90. The zero-order chi connectivity index (χ0) is 15.4. The quantitative estimate of drug-likeness (QED) is 0.742. The van der Waals surface area contributed by atoms with E-state index in [1.807, 2.05) is 50.3 Å². The third-order valence-electron chi connectivity index (χ3n) is 3.36. The molecule has 0 saturated heterocycles. The Labute approximate surface area is 129 Å². The smallest absolute Gasteiger partial charge is 0.264 e. The van der Waals surface area contributed by atoms with Crippen molar-refractivity contribution in [3.05, 3.63) is 76.2 Å². The molecule has 0 unspecified atom stereocenters. The molecular weight excluding hydrogens is 282 g/mol. The van der Waals surface area contributed by atoms with Gasteiger partial charge in [-0.25, -0.2) is 0 Å². The molecule has 0 aliphatic carbocycles. The number of rotatable bonds is 4. The van der Waals surface area contributed by atoms with E-state index in [-0.39, 0.29) is 5.56 Å². The molecule has 0 aliphatic heterocycles. The molecule has 0 spiro atoms. The highest BCUT2D eigenvalue weighted by molar-refractivity contribution is 6.35. The standard InChI is InChI=1S/C18H18ClNO/c1-4-7-10-14(5-2)20-15(6-3)12-13-9-8-11-16(19)17(13)18(20)21/h4-5,7-12H,2,6H2,1,3H3/b7-4-,14-10+. The van der Waals surface area contributed by atoms with E-state index < -0.39 is 0 Å². The van der Waals surface area contributed by atoms with Crippen molar-refractivity contribution in [2.45, 2.75) is 20.3 Å². The highest BCUT2D eigenvalue weighted by atomic mass is 35.5. The summed E-state index contributed by atoms with van der Waals surface area (Å²) in [6.07, 6.45) is 8.10. The molecule has 0 fully saturated rings. The molecule has 1 aromatic carbocycles. The van der Waals surface area contributed by atoms with Crippen molar-refractivity contribution in [2.75, 3.05) is 0 Å². The molecule has 0 saturated carbocycles. The van der Waals surface area contributed by atoms with Crippen LogP contribution in [-0.2, 0) is 6.42 Å². The molecule has 2 nitrogen and oxygen atoms in total. The van der Waals surface area contributed by atoms with Crippen LogP contribution in [-0.4, -0.2) is 4.57 Å². The predicted octanol–water partition coefficient (Wildman–Crippen LogP) is 4.82. The average Bonchev–Trinajstić information content (AvgIpc) is 2.49. The van der Waals surface area contributed by atoms with Crippen molar-refractivity contribution in [3.63, 3.8) is 0 Å². The molecule has 2 rings (SSSR count). The van der Waals surface area contributed by atoms with Crippen LogP contribution >= 0.6 is 11.6 Å². The zero-order valence-electron chi connectivity index (χ0n) is 12.3. The maximum Gasteiger partial charge on any atom is 0.264 e. The zero-order valence-corrected chi connectivity index (χ0v) is 13.0. The highest BCUT2D eigenvalue weighted by Crippen LogP contribution is 2.22. The van der Waals surface area contributed by atoms with E-state index in [1.165, 1.54) is 0 Å². The number of aromatic nitrogens is 1. The van der Waals surface area contributed by atoms with Gasteiger partial charge >= 0.3 is 0 Å². The number of benzene rings is 1. The molecule has 108 valence electrons. The molecule has 0 aliphatic rings. The Morgan fingerprint density at radius 2 is 2.19 bits per heavy atom. The van der Waals surface area contributed by atoms with Crippen LogP contribution in [0.25, 0.3) is 16.5 Å². The van der Waals surface area contributed by atoms with Crippen molar-refractivity contribution in [2.24, 2.45) is 0 Å². The number of pyridine rings is 1. The van der Waals surface area contributed by atoms with Crippen LogP contribution in [0.15, 0.2) is 59.9 Å². The number of aryl methyl sites for hydroxylation is 1. The average molecular weight is 300 g/mol. The third-order valence-corrected chi connectivity index (χ3v) is 3.68. The van der Waals surface area contributed by atoms with Crippen LogP contribution in [0.1, 0.15) is 19.5 Å². The minimum Gasteiger partial charge on any atom is -0.281 e. The molecule has 3 heteroatoms. The van der Waals surface area contributed by atoms with Gasteiger partial charge < -0.3 is 0 Å². The molecule has 0 amide bonds. The van der Waals surface area contributed by atoms with Gasteiger partial charge in [-0.1, -0.05) is 49.4 Å². The lowest BCUT2D eigenvalue weighted by Crippen LogP contribution is -2.22. The van der Waals surface area contributed by atoms with E-state index in [4.69, 9.17) is 11.6 Å². The fourth-order valence-corrected chi connectivity index (χ4v) is 2.61. The summed E-state index contributed by atoms with van der Waals surface area (Å²) in [4.78, 5) is 12.9. The van der Waals surface area contributed by atoms with E-state index in [2.05, 4.69) is 6.58 Å². The molecule has 1 heterocycles. The molecule has 0 radical (unpaired) electrons. The van der Waals surface area contributed by atoms with Gasteiger partial charge in [0.1, 0.15) is 0 Å². The monoisotopic (exact) mass is 299 g/mol. The van der Waals surface area contributed by atoms with Crippen molar-refractivity contribution < 1.29 is 0 Å². The molecule has 0 N–H and O–H groups in total. The molecule has 2 aromatic rings. The fraction of sp³-hybridized carbons (Fsp3) is 0.167. The second-order valence-electron chi connectivity index (χ2n) is 4.66. The molecule has 1 aromatic heterocycles. The van der Waals surface area contributed by atoms with Crippen LogP contribution in [0.3, 0.4) is 0 Å². The van der Waals surface area contributed by atoms with Gasteiger partial charge in [-0.15, -0.1) is 0 Å². The lowest BCUT2D eigenvalue weighted by Gasteiger charge is -2.14. The summed E-state index contributed by atoms with van der Waals surface area (Å²) in [6.45, 7) is 7.77. The van der Waals surface area contributed by atoms with Gasteiger partial charge in [-0.05, 0) is 43.0 Å². The van der Waals surface area contributed by atoms with Gasteiger partial charge in [0.2, 0.25) is 0 Å². The minimum atomic E-state index is -0.106. The first-order chi connectivity index (χ1) is 10.1. The Kier molecular flexibility index (Phi) is 4.81. The van der Waals surface area contributed by atoms with Gasteiger partial charge in [0, 0.05) is 11.4 Å². The summed E-state index contributed by atoms with van der Waals surface area (Å²) in [6, 6.07) is 7.52. The lowest BCUT2D eigenvalue weighted by atomic mass is 10.1. The van der Waals surface area contributed by atoms with Crippen LogP contribution in [0.4, 0.5) is 0 Å². The highest BCUT2D eigenvalue weighted by Gasteiger charge is 2.12. The second kappa shape index (κ2) is 6.59. The summed E-state index contributed by atoms with van der Waals surface area (Å²) in [5, 5.41) is 1.89. The summed E-state index contributed by atoms with van der Waals surface area (Å²) >= 11 is 6.21. The van der Waals surface area contributed by atoms with E-state index in [0.29, 0.717) is 10.4 Å². The topological polar surface area (TPSA) is 22.0 Å². The number of fused-ring (bicyclic) bond motifs is 1. The summed E-state index contributed by atoms with van der Waals surface area (Å²) in [5.74, 6) is 0. The Morgan fingerprint density at radius 3 is 2.81 bits per heavy atom. The van der Waals surface area contributed by atoms with Crippen molar-refractivity contribution >= 4 is 28.1 Å². The second-order valence-corrected chi connectivity index (χ2v) is 5.06. The first-order valence-electron chi connectivity index (χ1n) is 6.93. The number of halogens is 1. The van der Waals surface area contributed by atoms with Gasteiger partial charge in [0.05, 0.1) is 10.4 Å². The van der Waals surface area contributed by atoms with E-state index >= 15 is 0 Å². The molecule has 0 atom stereocenters. The molecule has 0 bridgehead atoms. The van der Waals surface area contributed by atoms with Crippen LogP contribution in [0, 0.1) is 0 Å². The van der Waals surface area contributed by atoms with Crippen molar-refractivity contribution in [1.29, 1.82) is 0 Å². The number of allylic oxidation sites excluding steroid dienone is 5. The van der Waals surface area contributed by atoms with E-state index in [9.17, 15) is 4.79 Å².